The third-order valence-electron chi connectivity index (χ3n) is 3.33. The summed E-state index contributed by atoms with van der Waals surface area (Å²) < 4.78 is 26.5. The monoisotopic (exact) mass is 272 g/mol. The van der Waals surface area contributed by atoms with Gasteiger partial charge >= 0.3 is 0 Å². The van der Waals surface area contributed by atoms with Crippen molar-refractivity contribution in [2.45, 2.75) is 43.7 Å². The first-order valence-electron chi connectivity index (χ1n) is 6.29. The molecule has 1 aliphatic rings. The predicted octanol–water partition coefficient (Wildman–Crippen LogP) is 0.610. The van der Waals surface area contributed by atoms with Crippen LogP contribution in [0.4, 0.5) is 0 Å². The Morgan fingerprint density at radius 2 is 2.39 bits per heavy atom. The number of hydrogen-bond acceptors (Lipinski definition) is 4. The van der Waals surface area contributed by atoms with E-state index in [1.807, 2.05) is 0 Å². The van der Waals surface area contributed by atoms with Crippen LogP contribution in [0.2, 0.25) is 0 Å². The van der Waals surface area contributed by atoms with Gasteiger partial charge in [0.2, 0.25) is 0 Å². The first-order valence-corrected chi connectivity index (χ1v) is 7.73. The van der Waals surface area contributed by atoms with Gasteiger partial charge < -0.3 is 10.7 Å². The number of rotatable bonds is 5. The normalized spacial score (nSPS) is 21.6. The Bertz CT molecular complexity index is 497. The molecule has 2 heterocycles. The number of imidazole rings is 1. The number of aryl methyl sites for hydroxylation is 1. The van der Waals surface area contributed by atoms with Crippen LogP contribution in [-0.4, -0.2) is 41.8 Å². The fraction of sp³-hybridized carbons (Fsp3) is 0.727. The lowest BCUT2D eigenvalue weighted by molar-refractivity contribution is 0.364. The summed E-state index contributed by atoms with van der Waals surface area (Å²) in [6.07, 6.45) is 4.93. The van der Waals surface area contributed by atoms with Crippen molar-refractivity contribution in [3.05, 3.63) is 12.0 Å². The minimum atomic E-state index is -3.42. The van der Waals surface area contributed by atoms with Gasteiger partial charge in [0, 0.05) is 12.6 Å². The van der Waals surface area contributed by atoms with Gasteiger partial charge in [-0.25, -0.2) is 13.4 Å². The zero-order chi connectivity index (χ0) is 13.2. The summed E-state index contributed by atoms with van der Waals surface area (Å²) in [6, 6.07) is 0.0853. The van der Waals surface area contributed by atoms with Crippen LogP contribution in [0.25, 0.3) is 0 Å². The van der Waals surface area contributed by atoms with Crippen LogP contribution in [0.15, 0.2) is 11.2 Å². The Labute approximate surface area is 108 Å². The predicted molar refractivity (Wildman–Crippen MR) is 68.5 cm³/mol. The van der Waals surface area contributed by atoms with E-state index in [1.165, 1.54) is 6.20 Å². The summed E-state index contributed by atoms with van der Waals surface area (Å²) in [5.41, 5.74) is 5.49. The van der Waals surface area contributed by atoms with Crippen LogP contribution in [0, 0.1) is 6.92 Å². The molecule has 3 N–H and O–H groups in total. The van der Waals surface area contributed by atoms with Gasteiger partial charge in [-0.2, -0.15) is 4.31 Å². The van der Waals surface area contributed by atoms with Crippen molar-refractivity contribution in [3.8, 4) is 0 Å². The fourth-order valence-corrected chi connectivity index (χ4v) is 4.11. The van der Waals surface area contributed by atoms with E-state index in [2.05, 4.69) is 9.97 Å². The molecule has 1 saturated heterocycles. The summed E-state index contributed by atoms with van der Waals surface area (Å²) in [7, 11) is -3.42. The second-order valence-electron chi connectivity index (χ2n) is 4.68. The minimum absolute atomic E-state index is 0.0853. The number of H-pyrrole nitrogens is 1. The average molecular weight is 272 g/mol. The number of nitrogens with one attached hydrogen (secondary N) is 1. The van der Waals surface area contributed by atoms with Crippen molar-refractivity contribution >= 4 is 10.0 Å². The van der Waals surface area contributed by atoms with Gasteiger partial charge in [-0.3, -0.25) is 0 Å². The van der Waals surface area contributed by atoms with Crippen LogP contribution in [0.3, 0.4) is 0 Å². The lowest BCUT2D eigenvalue weighted by Crippen LogP contribution is -2.36. The largest absolute Gasteiger partial charge is 0.332 e. The highest BCUT2D eigenvalue weighted by Gasteiger charge is 2.35. The second-order valence-corrected chi connectivity index (χ2v) is 6.53. The van der Waals surface area contributed by atoms with Crippen LogP contribution < -0.4 is 5.73 Å². The molecule has 0 amide bonds. The minimum Gasteiger partial charge on any atom is -0.332 e. The van der Waals surface area contributed by atoms with Crippen LogP contribution >= 0.6 is 0 Å². The Balaban J connectivity index is 2.18. The molecule has 0 saturated carbocycles. The molecule has 0 bridgehead atoms. The van der Waals surface area contributed by atoms with Crippen molar-refractivity contribution in [2.75, 3.05) is 13.1 Å². The smallest absolute Gasteiger partial charge is 0.260 e. The van der Waals surface area contributed by atoms with Crippen molar-refractivity contribution in [3.63, 3.8) is 0 Å². The van der Waals surface area contributed by atoms with Crippen LogP contribution in [-0.2, 0) is 10.0 Å². The Morgan fingerprint density at radius 3 is 3.00 bits per heavy atom. The molecule has 1 fully saturated rings. The highest BCUT2D eigenvalue weighted by Crippen LogP contribution is 2.27. The quantitative estimate of drug-likeness (QED) is 0.821. The summed E-state index contributed by atoms with van der Waals surface area (Å²) in [5.74, 6) is 0.617. The molecule has 1 aromatic heterocycles. The molecule has 0 aromatic carbocycles. The van der Waals surface area contributed by atoms with Gasteiger partial charge in [0.25, 0.3) is 10.0 Å². The van der Waals surface area contributed by atoms with E-state index >= 15 is 0 Å². The molecule has 1 atom stereocenters. The molecular formula is C11H20N4O2S. The second kappa shape index (κ2) is 5.38. The highest BCUT2D eigenvalue weighted by atomic mass is 32.2. The molecule has 18 heavy (non-hydrogen) atoms. The SMILES string of the molecule is Cc1ncc(S(=O)(=O)N2CCCC2CCCN)[nH]1. The number of nitrogens with zero attached hydrogens (tertiary/aromatic N) is 2. The highest BCUT2D eigenvalue weighted by molar-refractivity contribution is 7.89. The van der Waals surface area contributed by atoms with Crippen molar-refractivity contribution in [1.29, 1.82) is 0 Å². The Morgan fingerprint density at radius 1 is 1.61 bits per heavy atom. The Hall–Kier alpha value is -0.920. The van der Waals surface area contributed by atoms with Crippen molar-refractivity contribution in [2.24, 2.45) is 5.73 Å². The summed E-state index contributed by atoms with van der Waals surface area (Å²) in [5, 5.41) is 0.194. The molecule has 2 rings (SSSR count). The number of aromatic nitrogens is 2. The summed E-state index contributed by atoms with van der Waals surface area (Å²) in [6.45, 7) is 2.94. The van der Waals surface area contributed by atoms with Crippen molar-refractivity contribution in [1.82, 2.24) is 14.3 Å². The average Bonchev–Trinajstić information content (AvgIpc) is 2.95. The number of aromatic amines is 1. The van der Waals surface area contributed by atoms with Crippen molar-refractivity contribution < 1.29 is 8.42 Å². The van der Waals surface area contributed by atoms with Gasteiger partial charge in [-0.05, 0) is 39.2 Å². The van der Waals surface area contributed by atoms with E-state index in [0.29, 0.717) is 18.9 Å². The van der Waals surface area contributed by atoms with Gasteiger partial charge in [0.15, 0.2) is 5.03 Å². The van der Waals surface area contributed by atoms with E-state index in [1.54, 1.807) is 11.2 Å². The maximum Gasteiger partial charge on any atom is 0.260 e. The maximum absolute atomic E-state index is 12.4. The zero-order valence-electron chi connectivity index (χ0n) is 10.6. The molecule has 1 unspecified atom stereocenters. The van der Waals surface area contributed by atoms with Gasteiger partial charge in [0.05, 0.1) is 6.20 Å². The number of nitrogens with two attached hydrogens (primary N) is 1. The molecule has 1 aromatic rings. The molecule has 1 aliphatic heterocycles. The standard InChI is InChI=1S/C11H20N4O2S/c1-9-13-8-11(14-9)18(16,17)15-7-3-5-10(15)4-2-6-12/h8,10H,2-7,12H2,1H3,(H,13,14). The van der Waals surface area contributed by atoms with E-state index in [4.69, 9.17) is 5.73 Å². The van der Waals surface area contributed by atoms with E-state index in [0.717, 1.165) is 25.7 Å². The first kappa shape index (κ1) is 13.5. The fourth-order valence-electron chi connectivity index (χ4n) is 2.42. The number of hydrogen-bond donors (Lipinski definition) is 2. The molecule has 6 nitrogen and oxygen atoms in total. The molecule has 102 valence electrons. The molecule has 0 aliphatic carbocycles. The third-order valence-corrected chi connectivity index (χ3v) is 5.19. The summed E-state index contributed by atoms with van der Waals surface area (Å²) in [4.78, 5) is 6.76. The van der Waals surface area contributed by atoms with E-state index in [-0.39, 0.29) is 11.1 Å². The zero-order valence-corrected chi connectivity index (χ0v) is 11.4. The van der Waals surface area contributed by atoms with Gasteiger partial charge in [-0.1, -0.05) is 0 Å². The van der Waals surface area contributed by atoms with Crippen LogP contribution in [0.5, 0.6) is 0 Å². The lowest BCUT2D eigenvalue weighted by Gasteiger charge is -2.23. The Kier molecular flexibility index (Phi) is 4.04. The van der Waals surface area contributed by atoms with Crippen LogP contribution in [0.1, 0.15) is 31.5 Å². The molecule has 0 spiro atoms. The first-order chi connectivity index (χ1) is 8.55. The summed E-state index contributed by atoms with van der Waals surface area (Å²) >= 11 is 0. The van der Waals surface area contributed by atoms with Gasteiger partial charge in [0.1, 0.15) is 5.82 Å². The topological polar surface area (TPSA) is 92.1 Å². The third kappa shape index (κ3) is 2.57. The number of sulfonamides is 1. The molecule has 0 radical (unpaired) electrons. The van der Waals surface area contributed by atoms with E-state index < -0.39 is 10.0 Å². The van der Waals surface area contributed by atoms with Gasteiger partial charge in [-0.15, -0.1) is 0 Å². The lowest BCUT2D eigenvalue weighted by atomic mass is 10.1. The van der Waals surface area contributed by atoms with E-state index in [9.17, 15) is 8.42 Å². The maximum atomic E-state index is 12.4. The molecular weight excluding hydrogens is 252 g/mol. The molecule has 7 heteroatoms.